The standard InChI is InChI=1S/C14H18N2O2S/c1-4-5-6-7-16-8-15-13-11(14(16)18)9(2)12(19-13)10(3)17/h8H,4-7H2,1-3H3. The quantitative estimate of drug-likeness (QED) is 0.623. The van der Waals surface area contributed by atoms with Gasteiger partial charge in [-0.1, -0.05) is 19.8 Å². The van der Waals surface area contributed by atoms with Crippen LogP contribution in [0.25, 0.3) is 10.2 Å². The maximum Gasteiger partial charge on any atom is 0.262 e. The largest absolute Gasteiger partial charge is 0.299 e. The maximum atomic E-state index is 12.4. The summed E-state index contributed by atoms with van der Waals surface area (Å²) in [5.41, 5.74) is 0.747. The third-order valence-corrected chi connectivity index (χ3v) is 4.54. The fourth-order valence-electron chi connectivity index (χ4n) is 2.19. The molecule has 2 aromatic heterocycles. The predicted octanol–water partition coefficient (Wildman–Crippen LogP) is 3.16. The predicted molar refractivity (Wildman–Crippen MR) is 78.1 cm³/mol. The van der Waals surface area contributed by atoms with E-state index in [0.29, 0.717) is 21.6 Å². The van der Waals surface area contributed by atoms with Crippen molar-refractivity contribution in [1.82, 2.24) is 9.55 Å². The summed E-state index contributed by atoms with van der Waals surface area (Å²) in [5.74, 6) is -0.00238. The van der Waals surface area contributed by atoms with Crippen LogP contribution in [0.2, 0.25) is 0 Å². The van der Waals surface area contributed by atoms with Crippen LogP contribution in [-0.4, -0.2) is 15.3 Å². The molecular weight excluding hydrogens is 260 g/mol. The van der Waals surface area contributed by atoms with Crippen molar-refractivity contribution in [3.8, 4) is 0 Å². The normalized spacial score (nSPS) is 11.1. The Morgan fingerprint density at radius 3 is 2.79 bits per heavy atom. The van der Waals surface area contributed by atoms with E-state index in [4.69, 9.17) is 0 Å². The molecule has 4 nitrogen and oxygen atoms in total. The Morgan fingerprint density at radius 2 is 2.16 bits per heavy atom. The molecule has 0 aliphatic carbocycles. The highest BCUT2D eigenvalue weighted by molar-refractivity contribution is 7.20. The minimum Gasteiger partial charge on any atom is -0.299 e. The number of carbonyl (C=O) groups is 1. The molecular formula is C14H18N2O2S. The van der Waals surface area contributed by atoms with Gasteiger partial charge in [0.15, 0.2) is 5.78 Å². The molecule has 0 aromatic carbocycles. The van der Waals surface area contributed by atoms with Crippen molar-refractivity contribution >= 4 is 27.3 Å². The SMILES string of the molecule is CCCCCn1cnc2sc(C(C)=O)c(C)c2c1=O. The molecule has 2 heterocycles. The molecule has 0 saturated heterocycles. The fourth-order valence-corrected chi connectivity index (χ4v) is 3.22. The third kappa shape index (κ3) is 2.61. The van der Waals surface area contributed by atoms with E-state index in [2.05, 4.69) is 11.9 Å². The van der Waals surface area contributed by atoms with Crippen LogP contribution >= 0.6 is 11.3 Å². The van der Waals surface area contributed by atoms with Crippen molar-refractivity contribution in [2.75, 3.05) is 0 Å². The van der Waals surface area contributed by atoms with Crippen LogP contribution in [-0.2, 0) is 6.54 Å². The van der Waals surface area contributed by atoms with Gasteiger partial charge in [0.25, 0.3) is 5.56 Å². The molecule has 0 spiro atoms. The molecule has 0 bridgehead atoms. The molecule has 19 heavy (non-hydrogen) atoms. The third-order valence-electron chi connectivity index (χ3n) is 3.24. The average molecular weight is 278 g/mol. The van der Waals surface area contributed by atoms with Gasteiger partial charge in [-0.05, 0) is 25.8 Å². The molecule has 0 saturated carbocycles. The van der Waals surface area contributed by atoms with E-state index in [9.17, 15) is 9.59 Å². The highest BCUT2D eigenvalue weighted by atomic mass is 32.1. The first-order chi connectivity index (χ1) is 9.06. The molecule has 0 unspecified atom stereocenters. The molecule has 0 amide bonds. The minimum atomic E-state index is -0.0256. The zero-order valence-corrected chi connectivity index (χ0v) is 12.3. The summed E-state index contributed by atoms with van der Waals surface area (Å²) in [6, 6.07) is 0. The molecule has 0 N–H and O–H groups in total. The van der Waals surface area contributed by atoms with E-state index in [1.165, 1.54) is 18.3 Å². The lowest BCUT2D eigenvalue weighted by atomic mass is 10.2. The van der Waals surface area contributed by atoms with Crippen molar-refractivity contribution in [1.29, 1.82) is 0 Å². The Hall–Kier alpha value is -1.49. The van der Waals surface area contributed by atoms with E-state index < -0.39 is 0 Å². The molecule has 0 aliphatic heterocycles. The Labute approximate surface area is 116 Å². The Morgan fingerprint density at radius 1 is 1.42 bits per heavy atom. The number of Topliss-reactive ketones (excluding diaryl/α,β-unsaturated/α-hetero) is 1. The first kappa shape index (κ1) is 13.9. The van der Waals surface area contributed by atoms with Crippen molar-refractivity contribution < 1.29 is 4.79 Å². The maximum absolute atomic E-state index is 12.4. The zero-order valence-electron chi connectivity index (χ0n) is 11.5. The summed E-state index contributed by atoms with van der Waals surface area (Å²) in [5, 5.41) is 0.606. The fraction of sp³-hybridized carbons (Fsp3) is 0.500. The second-order valence-corrected chi connectivity index (χ2v) is 5.74. The van der Waals surface area contributed by atoms with E-state index >= 15 is 0 Å². The summed E-state index contributed by atoms with van der Waals surface area (Å²) >= 11 is 1.31. The molecule has 0 radical (unpaired) electrons. The number of thiophene rings is 1. The number of rotatable bonds is 5. The Bertz CT molecular complexity index is 670. The van der Waals surface area contributed by atoms with Crippen molar-refractivity contribution in [2.24, 2.45) is 0 Å². The topological polar surface area (TPSA) is 52.0 Å². The van der Waals surface area contributed by atoms with E-state index in [1.807, 2.05) is 6.92 Å². The number of hydrogen-bond acceptors (Lipinski definition) is 4. The molecule has 5 heteroatoms. The summed E-state index contributed by atoms with van der Waals surface area (Å²) in [6.07, 6.45) is 4.80. The van der Waals surface area contributed by atoms with Crippen LogP contribution in [0.3, 0.4) is 0 Å². The van der Waals surface area contributed by atoms with Crippen molar-refractivity contribution in [3.05, 3.63) is 27.1 Å². The van der Waals surface area contributed by atoms with E-state index in [0.717, 1.165) is 24.8 Å². The van der Waals surface area contributed by atoms with Crippen LogP contribution < -0.4 is 5.56 Å². The number of hydrogen-bond donors (Lipinski definition) is 0. The summed E-state index contributed by atoms with van der Waals surface area (Å²) in [6.45, 7) is 6.18. The smallest absolute Gasteiger partial charge is 0.262 e. The number of carbonyl (C=O) groups excluding carboxylic acids is 1. The van der Waals surface area contributed by atoms with Gasteiger partial charge < -0.3 is 0 Å². The second-order valence-electron chi connectivity index (χ2n) is 4.74. The lowest BCUT2D eigenvalue weighted by Crippen LogP contribution is -2.20. The highest BCUT2D eigenvalue weighted by Crippen LogP contribution is 2.26. The monoisotopic (exact) mass is 278 g/mol. The number of aromatic nitrogens is 2. The molecule has 2 aromatic rings. The number of aryl methyl sites for hydroxylation is 2. The first-order valence-electron chi connectivity index (χ1n) is 6.55. The Kier molecular flexibility index (Phi) is 4.14. The second kappa shape index (κ2) is 5.65. The van der Waals surface area contributed by atoms with Gasteiger partial charge in [-0.3, -0.25) is 14.2 Å². The number of unbranched alkanes of at least 4 members (excludes halogenated alkanes) is 2. The first-order valence-corrected chi connectivity index (χ1v) is 7.37. The van der Waals surface area contributed by atoms with Crippen LogP contribution in [0.15, 0.2) is 11.1 Å². The van der Waals surface area contributed by atoms with Gasteiger partial charge >= 0.3 is 0 Å². The van der Waals surface area contributed by atoms with E-state index in [1.54, 1.807) is 10.9 Å². The van der Waals surface area contributed by atoms with Gasteiger partial charge in [0, 0.05) is 6.54 Å². The molecule has 0 atom stereocenters. The minimum absolute atomic E-state index is 0.00238. The lowest BCUT2D eigenvalue weighted by Gasteiger charge is -2.04. The van der Waals surface area contributed by atoms with E-state index in [-0.39, 0.29) is 11.3 Å². The number of ketones is 1. The molecule has 102 valence electrons. The average Bonchev–Trinajstić information content (AvgIpc) is 2.71. The van der Waals surface area contributed by atoms with Gasteiger partial charge in [0.05, 0.1) is 16.6 Å². The zero-order chi connectivity index (χ0) is 14.0. The molecule has 0 fully saturated rings. The Balaban J connectivity index is 2.49. The number of fused-ring (bicyclic) bond motifs is 1. The summed E-state index contributed by atoms with van der Waals surface area (Å²) in [4.78, 5) is 29.5. The summed E-state index contributed by atoms with van der Waals surface area (Å²) < 4.78 is 1.65. The number of nitrogens with zero attached hydrogens (tertiary/aromatic N) is 2. The van der Waals surface area contributed by atoms with Gasteiger partial charge in [0.1, 0.15) is 4.83 Å². The van der Waals surface area contributed by atoms with Crippen LogP contribution in [0.4, 0.5) is 0 Å². The van der Waals surface area contributed by atoms with Gasteiger partial charge in [-0.25, -0.2) is 4.98 Å². The van der Waals surface area contributed by atoms with Crippen molar-refractivity contribution in [2.45, 2.75) is 46.6 Å². The van der Waals surface area contributed by atoms with Gasteiger partial charge in [-0.2, -0.15) is 0 Å². The van der Waals surface area contributed by atoms with Crippen LogP contribution in [0, 0.1) is 6.92 Å². The van der Waals surface area contributed by atoms with Gasteiger partial charge in [0.2, 0.25) is 0 Å². The molecule has 0 aliphatic rings. The van der Waals surface area contributed by atoms with Crippen LogP contribution in [0.1, 0.15) is 48.3 Å². The van der Waals surface area contributed by atoms with Gasteiger partial charge in [-0.15, -0.1) is 11.3 Å². The lowest BCUT2D eigenvalue weighted by molar-refractivity contribution is 0.102. The molecule has 2 rings (SSSR count). The summed E-state index contributed by atoms with van der Waals surface area (Å²) in [7, 11) is 0. The van der Waals surface area contributed by atoms with Crippen LogP contribution in [0.5, 0.6) is 0 Å². The highest BCUT2D eigenvalue weighted by Gasteiger charge is 2.16. The van der Waals surface area contributed by atoms with Crippen molar-refractivity contribution in [3.63, 3.8) is 0 Å².